The molecule has 0 saturated heterocycles. The van der Waals surface area contributed by atoms with Gasteiger partial charge >= 0.3 is 0 Å². The highest BCUT2D eigenvalue weighted by Crippen LogP contribution is 2.22. The Labute approximate surface area is 154 Å². The molecule has 0 unspecified atom stereocenters. The standard InChI is InChI=1S/C20H14FN3O3/c1-12-16(8-9-27-12)20(26)24-18-10-15(6-7-17(18)21)23-19(25)14-4-2-13(11-22)3-5-14/h2-10H,1H3,(H,23,25)(H,24,26). The van der Waals surface area contributed by atoms with Gasteiger partial charge in [0.15, 0.2) is 0 Å². The van der Waals surface area contributed by atoms with Gasteiger partial charge in [0.05, 0.1) is 29.1 Å². The van der Waals surface area contributed by atoms with Gasteiger partial charge in [0, 0.05) is 11.3 Å². The minimum Gasteiger partial charge on any atom is -0.469 e. The van der Waals surface area contributed by atoms with E-state index < -0.39 is 17.6 Å². The van der Waals surface area contributed by atoms with Crippen LogP contribution in [0.1, 0.15) is 32.0 Å². The van der Waals surface area contributed by atoms with Gasteiger partial charge in [-0.1, -0.05) is 0 Å². The summed E-state index contributed by atoms with van der Waals surface area (Å²) in [7, 11) is 0. The van der Waals surface area contributed by atoms with Crippen LogP contribution in [0.4, 0.5) is 15.8 Å². The van der Waals surface area contributed by atoms with Crippen LogP contribution in [-0.2, 0) is 0 Å². The second-order valence-electron chi connectivity index (χ2n) is 5.68. The molecule has 0 atom stereocenters. The fourth-order valence-electron chi connectivity index (χ4n) is 2.41. The van der Waals surface area contributed by atoms with Gasteiger partial charge in [-0.25, -0.2) is 4.39 Å². The van der Waals surface area contributed by atoms with Crippen LogP contribution >= 0.6 is 0 Å². The molecule has 0 fully saturated rings. The summed E-state index contributed by atoms with van der Waals surface area (Å²) in [5.41, 5.74) is 1.32. The van der Waals surface area contributed by atoms with Crippen molar-refractivity contribution in [2.75, 3.05) is 10.6 Å². The number of rotatable bonds is 4. The first-order valence-electron chi connectivity index (χ1n) is 7.94. The van der Waals surface area contributed by atoms with Gasteiger partial charge in [-0.15, -0.1) is 0 Å². The molecule has 1 aromatic heterocycles. The lowest BCUT2D eigenvalue weighted by molar-refractivity contribution is 0.101. The van der Waals surface area contributed by atoms with Crippen molar-refractivity contribution >= 4 is 23.2 Å². The Morgan fingerprint density at radius 2 is 1.78 bits per heavy atom. The van der Waals surface area contributed by atoms with Gasteiger partial charge in [0.1, 0.15) is 11.6 Å². The van der Waals surface area contributed by atoms with Crippen molar-refractivity contribution in [2.45, 2.75) is 6.92 Å². The summed E-state index contributed by atoms with van der Waals surface area (Å²) < 4.78 is 19.1. The van der Waals surface area contributed by atoms with Crippen LogP contribution in [0.2, 0.25) is 0 Å². The molecule has 0 aliphatic rings. The predicted octanol–water partition coefficient (Wildman–Crippen LogP) is 4.10. The molecular weight excluding hydrogens is 349 g/mol. The quantitative estimate of drug-likeness (QED) is 0.729. The number of furan rings is 1. The number of nitriles is 1. The molecule has 3 aromatic rings. The summed E-state index contributed by atoms with van der Waals surface area (Å²) in [4.78, 5) is 24.5. The Bertz CT molecular complexity index is 1050. The van der Waals surface area contributed by atoms with E-state index in [4.69, 9.17) is 9.68 Å². The third-order valence-electron chi connectivity index (χ3n) is 3.85. The molecule has 3 rings (SSSR count). The molecule has 2 aromatic carbocycles. The van der Waals surface area contributed by atoms with Crippen LogP contribution < -0.4 is 10.6 Å². The Kier molecular flexibility index (Phi) is 4.99. The van der Waals surface area contributed by atoms with Crippen LogP contribution in [0.25, 0.3) is 0 Å². The molecule has 134 valence electrons. The summed E-state index contributed by atoms with van der Waals surface area (Å²) in [5.74, 6) is -1.16. The van der Waals surface area contributed by atoms with E-state index in [1.165, 1.54) is 48.7 Å². The van der Waals surface area contributed by atoms with Crippen LogP contribution in [0, 0.1) is 24.1 Å². The van der Waals surface area contributed by atoms with Crippen LogP contribution in [0.5, 0.6) is 0 Å². The average molecular weight is 363 g/mol. The van der Waals surface area contributed by atoms with Gasteiger partial charge < -0.3 is 15.1 Å². The molecule has 0 aliphatic heterocycles. The lowest BCUT2D eigenvalue weighted by Gasteiger charge is -2.10. The summed E-state index contributed by atoms with van der Waals surface area (Å²) in [6.45, 7) is 1.62. The number of hydrogen-bond acceptors (Lipinski definition) is 4. The Hall–Kier alpha value is -3.92. The summed E-state index contributed by atoms with van der Waals surface area (Å²) in [6, 6.07) is 13.4. The maximum atomic E-state index is 14.0. The average Bonchev–Trinajstić information content (AvgIpc) is 3.10. The second-order valence-corrected chi connectivity index (χ2v) is 5.68. The fourth-order valence-corrected chi connectivity index (χ4v) is 2.41. The van der Waals surface area contributed by atoms with Crippen molar-refractivity contribution in [1.29, 1.82) is 5.26 Å². The SMILES string of the molecule is Cc1occc1C(=O)Nc1cc(NC(=O)c2ccc(C#N)cc2)ccc1F. The third-order valence-corrected chi connectivity index (χ3v) is 3.85. The van der Waals surface area contributed by atoms with E-state index in [1.807, 2.05) is 6.07 Å². The topological polar surface area (TPSA) is 95.1 Å². The van der Waals surface area contributed by atoms with Crippen molar-refractivity contribution in [3.63, 3.8) is 0 Å². The number of anilines is 2. The van der Waals surface area contributed by atoms with E-state index in [9.17, 15) is 14.0 Å². The number of amides is 2. The molecule has 0 bridgehead atoms. The number of nitrogens with zero attached hydrogens (tertiary/aromatic N) is 1. The Balaban J connectivity index is 1.76. The maximum Gasteiger partial charge on any atom is 0.259 e. The first-order chi connectivity index (χ1) is 13.0. The van der Waals surface area contributed by atoms with Crippen molar-refractivity contribution in [2.24, 2.45) is 0 Å². The van der Waals surface area contributed by atoms with Gasteiger partial charge in [-0.2, -0.15) is 5.26 Å². The van der Waals surface area contributed by atoms with E-state index in [0.717, 1.165) is 6.07 Å². The number of nitrogens with one attached hydrogen (secondary N) is 2. The first-order valence-corrected chi connectivity index (χ1v) is 7.94. The molecule has 0 spiro atoms. The molecule has 27 heavy (non-hydrogen) atoms. The number of carbonyl (C=O) groups is 2. The molecule has 1 heterocycles. The second kappa shape index (κ2) is 7.54. The minimum absolute atomic E-state index is 0.0711. The third kappa shape index (κ3) is 4.02. The zero-order chi connectivity index (χ0) is 19.4. The molecule has 7 heteroatoms. The van der Waals surface area contributed by atoms with Crippen molar-refractivity contribution in [1.82, 2.24) is 0 Å². The molecule has 0 aliphatic carbocycles. The largest absolute Gasteiger partial charge is 0.469 e. The van der Waals surface area contributed by atoms with E-state index in [1.54, 1.807) is 6.92 Å². The Morgan fingerprint density at radius 3 is 2.41 bits per heavy atom. The highest BCUT2D eigenvalue weighted by molar-refractivity contribution is 6.06. The molecule has 2 amide bonds. The smallest absolute Gasteiger partial charge is 0.259 e. The lowest BCUT2D eigenvalue weighted by Crippen LogP contribution is -2.15. The minimum atomic E-state index is -0.638. The maximum absolute atomic E-state index is 14.0. The summed E-state index contributed by atoms with van der Waals surface area (Å²) in [5, 5.41) is 13.9. The number of carbonyl (C=O) groups excluding carboxylic acids is 2. The predicted molar refractivity (Wildman–Crippen MR) is 96.9 cm³/mol. The van der Waals surface area contributed by atoms with Gasteiger partial charge in [0.2, 0.25) is 0 Å². The van der Waals surface area contributed by atoms with E-state index in [-0.39, 0.29) is 5.69 Å². The van der Waals surface area contributed by atoms with E-state index in [2.05, 4.69) is 10.6 Å². The normalized spacial score (nSPS) is 10.1. The number of benzene rings is 2. The molecule has 0 saturated carbocycles. The summed E-state index contributed by atoms with van der Waals surface area (Å²) >= 11 is 0. The van der Waals surface area contributed by atoms with E-state index in [0.29, 0.717) is 28.1 Å². The van der Waals surface area contributed by atoms with Crippen molar-refractivity contribution in [3.8, 4) is 6.07 Å². The van der Waals surface area contributed by atoms with Crippen molar-refractivity contribution in [3.05, 3.63) is 83.1 Å². The number of halogens is 1. The Morgan fingerprint density at radius 1 is 1.04 bits per heavy atom. The van der Waals surface area contributed by atoms with Crippen molar-refractivity contribution < 1.29 is 18.4 Å². The number of hydrogen-bond donors (Lipinski definition) is 2. The van der Waals surface area contributed by atoms with E-state index >= 15 is 0 Å². The van der Waals surface area contributed by atoms with Gasteiger partial charge in [-0.3, -0.25) is 9.59 Å². The monoisotopic (exact) mass is 363 g/mol. The zero-order valence-electron chi connectivity index (χ0n) is 14.2. The van der Waals surface area contributed by atoms with Crippen LogP contribution in [-0.4, -0.2) is 11.8 Å². The highest BCUT2D eigenvalue weighted by Gasteiger charge is 2.15. The highest BCUT2D eigenvalue weighted by atomic mass is 19.1. The fraction of sp³-hybridized carbons (Fsp3) is 0.0500. The van der Waals surface area contributed by atoms with Crippen LogP contribution in [0.15, 0.2) is 59.2 Å². The molecule has 0 radical (unpaired) electrons. The van der Waals surface area contributed by atoms with Crippen LogP contribution in [0.3, 0.4) is 0 Å². The molecule has 2 N–H and O–H groups in total. The number of aryl methyl sites for hydroxylation is 1. The molecular formula is C20H14FN3O3. The van der Waals surface area contributed by atoms with Gasteiger partial charge in [0.25, 0.3) is 11.8 Å². The zero-order valence-corrected chi connectivity index (χ0v) is 14.2. The summed E-state index contributed by atoms with van der Waals surface area (Å²) in [6.07, 6.45) is 1.37. The molecule has 6 nitrogen and oxygen atoms in total. The first kappa shape index (κ1) is 17.9. The van der Waals surface area contributed by atoms with Gasteiger partial charge in [-0.05, 0) is 55.5 Å². The lowest BCUT2D eigenvalue weighted by atomic mass is 10.1.